The Labute approximate surface area is 97.4 Å². The van der Waals surface area contributed by atoms with Gasteiger partial charge in [0.2, 0.25) is 0 Å². The van der Waals surface area contributed by atoms with Crippen molar-refractivity contribution in [3.8, 4) is 5.75 Å². The van der Waals surface area contributed by atoms with Crippen molar-refractivity contribution < 1.29 is 4.74 Å². The van der Waals surface area contributed by atoms with E-state index < -0.39 is 0 Å². The van der Waals surface area contributed by atoms with E-state index in [1.54, 1.807) is 13.3 Å². The fourth-order valence-electron chi connectivity index (χ4n) is 2.14. The molecule has 0 bridgehead atoms. The second-order valence-electron chi connectivity index (χ2n) is 4.69. The van der Waals surface area contributed by atoms with Crippen molar-refractivity contribution in [2.45, 2.75) is 26.3 Å². The molecule has 1 aromatic rings. The summed E-state index contributed by atoms with van der Waals surface area (Å²) in [7, 11) is 1.68. The van der Waals surface area contributed by atoms with Gasteiger partial charge in [-0.2, -0.15) is 0 Å². The van der Waals surface area contributed by atoms with Crippen LogP contribution in [0.1, 0.15) is 25.3 Å². The fraction of sp³-hybridized carbons (Fsp3) is 0.615. The molecule has 16 heavy (non-hydrogen) atoms. The summed E-state index contributed by atoms with van der Waals surface area (Å²) in [5, 5.41) is 0. The van der Waals surface area contributed by atoms with Crippen molar-refractivity contribution in [2.75, 3.05) is 20.2 Å². The van der Waals surface area contributed by atoms with Gasteiger partial charge in [-0.15, -0.1) is 0 Å². The minimum atomic E-state index is 0.850. The Morgan fingerprint density at radius 1 is 1.38 bits per heavy atom. The molecule has 0 radical (unpaired) electrons. The Bertz CT molecular complexity index is 332. The second-order valence-corrected chi connectivity index (χ2v) is 4.69. The van der Waals surface area contributed by atoms with E-state index in [1.807, 2.05) is 6.20 Å². The fourth-order valence-corrected chi connectivity index (χ4v) is 2.14. The predicted octanol–water partition coefficient (Wildman–Crippen LogP) is 2.32. The summed E-state index contributed by atoms with van der Waals surface area (Å²) in [5.74, 6) is 1.74. The number of ether oxygens (including phenoxy) is 1. The van der Waals surface area contributed by atoms with Gasteiger partial charge in [0.25, 0.3) is 0 Å². The molecule has 88 valence electrons. The van der Waals surface area contributed by atoms with Crippen LogP contribution in [-0.4, -0.2) is 30.1 Å². The van der Waals surface area contributed by atoms with Gasteiger partial charge in [0.05, 0.1) is 13.3 Å². The molecule has 1 saturated heterocycles. The van der Waals surface area contributed by atoms with E-state index in [2.05, 4.69) is 22.9 Å². The highest BCUT2D eigenvalue weighted by molar-refractivity contribution is 5.23. The first-order chi connectivity index (χ1) is 7.78. The Morgan fingerprint density at radius 2 is 2.12 bits per heavy atom. The van der Waals surface area contributed by atoms with E-state index in [0.717, 1.165) is 18.2 Å². The third-order valence-corrected chi connectivity index (χ3v) is 3.29. The first-order valence-corrected chi connectivity index (χ1v) is 5.98. The molecule has 2 heterocycles. The van der Waals surface area contributed by atoms with Gasteiger partial charge in [0.15, 0.2) is 0 Å². The van der Waals surface area contributed by atoms with Crippen LogP contribution < -0.4 is 4.74 Å². The van der Waals surface area contributed by atoms with Crippen molar-refractivity contribution in [1.82, 2.24) is 9.88 Å². The summed E-state index contributed by atoms with van der Waals surface area (Å²) in [6.45, 7) is 5.75. The molecule has 3 nitrogen and oxygen atoms in total. The minimum absolute atomic E-state index is 0.850. The highest BCUT2D eigenvalue weighted by atomic mass is 16.5. The topological polar surface area (TPSA) is 25.4 Å². The van der Waals surface area contributed by atoms with Crippen molar-refractivity contribution in [2.24, 2.45) is 5.92 Å². The highest BCUT2D eigenvalue weighted by Crippen LogP contribution is 2.19. The summed E-state index contributed by atoms with van der Waals surface area (Å²) in [5.41, 5.74) is 1.24. The lowest BCUT2D eigenvalue weighted by molar-refractivity contribution is 0.185. The lowest BCUT2D eigenvalue weighted by atomic mass is 9.99. The molecule has 0 aliphatic carbocycles. The Hall–Kier alpha value is -1.09. The molecular weight excluding hydrogens is 200 g/mol. The van der Waals surface area contributed by atoms with Gasteiger partial charge < -0.3 is 4.74 Å². The third kappa shape index (κ3) is 2.95. The monoisotopic (exact) mass is 220 g/mol. The highest BCUT2D eigenvalue weighted by Gasteiger charge is 2.15. The summed E-state index contributed by atoms with van der Waals surface area (Å²) in [4.78, 5) is 6.68. The van der Waals surface area contributed by atoms with E-state index in [-0.39, 0.29) is 0 Å². The van der Waals surface area contributed by atoms with Gasteiger partial charge >= 0.3 is 0 Å². The molecule has 1 aliphatic rings. The van der Waals surface area contributed by atoms with Crippen LogP contribution in [0.3, 0.4) is 0 Å². The number of hydrogen-bond acceptors (Lipinski definition) is 3. The zero-order valence-electron chi connectivity index (χ0n) is 10.1. The molecule has 0 aromatic carbocycles. The van der Waals surface area contributed by atoms with Gasteiger partial charge in [-0.3, -0.25) is 9.88 Å². The molecule has 2 rings (SSSR count). The number of nitrogens with zero attached hydrogens (tertiary/aromatic N) is 2. The average molecular weight is 220 g/mol. The summed E-state index contributed by atoms with van der Waals surface area (Å²) < 4.78 is 5.18. The minimum Gasteiger partial charge on any atom is -0.495 e. The lowest BCUT2D eigenvalue weighted by Gasteiger charge is -2.30. The number of aromatic nitrogens is 1. The van der Waals surface area contributed by atoms with Crippen molar-refractivity contribution in [3.63, 3.8) is 0 Å². The van der Waals surface area contributed by atoms with E-state index in [1.165, 1.54) is 31.5 Å². The van der Waals surface area contributed by atoms with Crippen LogP contribution in [0.25, 0.3) is 0 Å². The van der Waals surface area contributed by atoms with Crippen LogP contribution in [0.2, 0.25) is 0 Å². The molecule has 1 fully saturated rings. The lowest BCUT2D eigenvalue weighted by Crippen LogP contribution is -2.32. The van der Waals surface area contributed by atoms with Crippen molar-refractivity contribution in [3.05, 3.63) is 24.0 Å². The van der Waals surface area contributed by atoms with Gasteiger partial charge in [-0.05, 0) is 43.5 Å². The maximum Gasteiger partial charge on any atom is 0.137 e. The van der Waals surface area contributed by atoms with Gasteiger partial charge in [-0.1, -0.05) is 6.92 Å². The number of pyridine rings is 1. The van der Waals surface area contributed by atoms with Crippen LogP contribution in [0.5, 0.6) is 5.75 Å². The van der Waals surface area contributed by atoms with Gasteiger partial charge in [-0.25, -0.2) is 0 Å². The Kier molecular flexibility index (Phi) is 3.78. The van der Waals surface area contributed by atoms with Crippen LogP contribution in [0.15, 0.2) is 18.5 Å². The molecule has 0 spiro atoms. The van der Waals surface area contributed by atoms with Crippen LogP contribution in [-0.2, 0) is 6.54 Å². The van der Waals surface area contributed by atoms with Crippen molar-refractivity contribution in [1.29, 1.82) is 0 Å². The van der Waals surface area contributed by atoms with E-state index >= 15 is 0 Å². The summed E-state index contributed by atoms with van der Waals surface area (Å²) >= 11 is 0. The largest absolute Gasteiger partial charge is 0.495 e. The van der Waals surface area contributed by atoms with E-state index in [0.29, 0.717) is 0 Å². The third-order valence-electron chi connectivity index (χ3n) is 3.29. The first-order valence-electron chi connectivity index (χ1n) is 5.98. The maximum atomic E-state index is 5.18. The number of methoxy groups -OCH3 is 1. The molecule has 1 aliphatic heterocycles. The van der Waals surface area contributed by atoms with Crippen molar-refractivity contribution >= 4 is 0 Å². The Balaban J connectivity index is 1.93. The second kappa shape index (κ2) is 5.30. The maximum absolute atomic E-state index is 5.18. The van der Waals surface area contributed by atoms with E-state index in [4.69, 9.17) is 4.74 Å². The zero-order valence-corrected chi connectivity index (χ0v) is 10.1. The SMILES string of the molecule is COc1cncc(CN2CCC(C)CC2)c1. The van der Waals surface area contributed by atoms with Gasteiger partial charge in [0.1, 0.15) is 5.75 Å². The molecule has 0 amide bonds. The zero-order chi connectivity index (χ0) is 11.4. The summed E-state index contributed by atoms with van der Waals surface area (Å²) in [6.07, 6.45) is 6.32. The Morgan fingerprint density at radius 3 is 2.81 bits per heavy atom. The molecule has 0 saturated carbocycles. The molecule has 3 heteroatoms. The normalized spacial score (nSPS) is 18.6. The smallest absolute Gasteiger partial charge is 0.137 e. The molecule has 0 unspecified atom stereocenters. The average Bonchev–Trinajstić information content (AvgIpc) is 2.32. The standard InChI is InChI=1S/C13H20N2O/c1-11-3-5-15(6-4-11)10-12-7-13(16-2)9-14-8-12/h7-9,11H,3-6,10H2,1-2H3. The quantitative estimate of drug-likeness (QED) is 0.781. The first kappa shape index (κ1) is 11.4. The molecule has 0 N–H and O–H groups in total. The summed E-state index contributed by atoms with van der Waals surface area (Å²) in [6, 6.07) is 2.07. The number of rotatable bonds is 3. The van der Waals surface area contributed by atoms with Gasteiger partial charge in [0, 0.05) is 12.7 Å². The molecular formula is C13H20N2O. The number of piperidine rings is 1. The molecule has 1 aromatic heterocycles. The number of hydrogen-bond donors (Lipinski definition) is 0. The number of likely N-dealkylation sites (tertiary alicyclic amines) is 1. The van der Waals surface area contributed by atoms with Crippen LogP contribution in [0, 0.1) is 5.92 Å². The van der Waals surface area contributed by atoms with Crippen LogP contribution in [0.4, 0.5) is 0 Å². The molecule has 0 atom stereocenters. The van der Waals surface area contributed by atoms with Crippen LogP contribution >= 0.6 is 0 Å². The van der Waals surface area contributed by atoms with E-state index in [9.17, 15) is 0 Å². The predicted molar refractivity (Wildman–Crippen MR) is 64.5 cm³/mol.